The first-order valence-corrected chi connectivity index (χ1v) is 13.6. The van der Waals surface area contributed by atoms with E-state index in [1.54, 1.807) is 30.3 Å². The number of nitrogens with one attached hydrogen (secondary N) is 3. The van der Waals surface area contributed by atoms with Gasteiger partial charge in [0.15, 0.2) is 0 Å². The first kappa shape index (κ1) is 34.3. The van der Waals surface area contributed by atoms with Crippen LogP contribution in [0, 0.1) is 0 Å². The van der Waals surface area contributed by atoms with Crippen LogP contribution in [-0.2, 0) is 19.1 Å². The van der Waals surface area contributed by atoms with E-state index in [1.165, 1.54) is 19.2 Å². The van der Waals surface area contributed by atoms with Gasteiger partial charge in [0.2, 0.25) is 5.56 Å². The number of aromatic amines is 1. The van der Waals surface area contributed by atoms with Crippen LogP contribution in [0.25, 0.3) is 0 Å². The van der Waals surface area contributed by atoms with Crippen molar-refractivity contribution < 1.29 is 41.0 Å². The highest BCUT2D eigenvalue weighted by Crippen LogP contribution is 2.29. The Labute approximate surface area is 249 Å². The molecular weight excluding hydrogens is 594 g/mol. The first-order chi connectivity index (χ1) is 20.6. The fraction of sp³-hybridized carbons (Fsp3) is 0.367. The molecule has 0 bridgehead atoms. The quantitative estimate of drug-likeness (QED) is 0.212. The van der Waals surface area contributed by atoms with E-state index in [4.69, 9.17) is 0 Å². The summed E-state index contributed by atoms with van der Waals surface area (Å²) in [7, 11) is 1.28. The number of nitrogens with zero attached hydrogens (tertiary/aromatic N) is 1. The largest absolute Gasteiger partial charge is 0.416 e. The van der Waals surface area contributed by atoms with Crippen molar-refractivity contribution in [3.63, 3.8) is 0 Å². The van der Waals surface area contributed by atoms with Gasteiger partial charge in [-0.3, -0.25) is 14.4 Å². The van der Waals surface area contributed by atoms with Crippen LogP contribution in [0.4, 0.5) is 26.3 Å². The standard InChI is InChI=1S/C30H32F6N4O4/c1-40(12-6-11-29(31,32)33)28(44)21-15-24(38-26(42)16-21)27(43)39-23(14-19-7-3-2-4-8-19)25(41)18-37-17-20-9-5-10-22(13-20)30(34,35)36/h2-5,7-10,13,15-16,23,25,37,41H,6,11-12,14,17-18H2,1H3,(H,38,42)(H,39,43)/t23-,25+/m0/s1. The topological polar surface area (TPSA) is 115 Å². The molecule has 1 heterocycles. The van der Waals surface area contributed by atoms with E-state index in [-0.39, 0.29) is 43.7 Å². The normalized spacial score (nSPS) is 13.3. The molecule has 0 spiro atoms. The smallest absolute Gasteiger partial charge is 0.390 e. The van der Waals surface area contributed by atoms with Gasteiger partial charge in [0.1, 0.15) is 5.69 Å². The van der Waals surface area contributed by atoms with Crippen LogP contribution < -0.4 is 16.2 Å². The van der Waals surface area contributed by atoms with E-state index in [2.05, 4.69) is 15.6 Å². The summed E-state index contributed by atoms with van der Waals surface area (Å²) in [5.74, 6) is -1.60. The van der Waals surface area contributed by atoms with Gasteiger partial charge in [0.05, 0.1) is 17.7 Å². The average molecular weight is 627 g/mol. The van der Waals surface area contributed by atoms with Crippen molar-refractivity contribution in [2.75, 3.05) is 20.1 Å². The van der Waals surface area contributed by atoms with Crippen molar-refractivity contribution in [2.24, 2.45) is 0 Å². The van der Waals surface area contributed by atoms with Crippen LogP contribution in [0.1, 0.15) is 50.4 Å². The fourth-order valence-electron chi connectivity index (χ4n) is 4.39. The highest BCUT2D eigenvalue weighted by Gasteiger charge is 2.30. The van der Waals surface area contributed by atoms with Gasteiger partial charge in [-0.2, -0.15) is 26.3 Å². The molecule has 3 aromatic rings. The van der Waals surface area contributed by atoms with Crippen molar-refractivity contribution >= 4 is 11.8 Å². The number of rotatable bonds is 13. The Morgan fingerprint density at radius 3 is 2.30 bits per heavy atom. The van der Waals surface area contributed by atoms with Crippen molar-refractivity contribution in [3.8, 4) is 0 Å². The number of H-pyrrole nitrogens is 1. The molecule has 8 nitrogen and oxygen atoms in total. The number of aliphatic hydroxyl groups excluding tert-OH is 1. The van der Waals surface area contributed by atoms with Gasteiger partial charge in [-0.25, -0.2) is 0 Å². The monoisotopic (exact) mass is 626 g/mol. The Balaban J connectivity index is 1.72. The van der Waals surface area contributed by atoms with E-state index in [0.29, 0.717) is 5.56 Å². The van der Waals surface area contributed by atoms with Crippen LogP contribution in [-0.4, -0.2) is 65.3 Å². The Kier molecular flexibility index (Phi) is 11.7. The Hall–Kier alpha value is -4.17. The number of alkyl halides is 6. The molecule has 3 rings (SSSR count). The van der Waals surface area contributed by atoms with E-state index < -0.39 is 53.9 Å². The first-order valence-electron chi connectivity index (χ1n) is 13.6. The number of aliphatic hydroxyl groups is 1. The molecule has 238 valence electrons. The number of aromatic nitrogens is 1. The second-order valence-corrected chi connectivity index (χ2v) is 10.3. The van der Waals surface area contributed by atoms with E-state index >= 15 is 0 Å². The van der Waals surface area contributed by atoms with Crippen molar-refractivity contribution in [3.05, 3.63) is 105 Å². The molecule has 0 fully saturated rings. The molecule has 4 N–H and O–H groups in total. The predicted octanol–water partition coefficient (Wildman–Crippen LogP) is 4.30. The summed E-state index contributed by atoms with van der Waals surface area (Å²) in [6.07, 6.45) is -11.4. The van der Waals surface area contributed by atoms with Crippen LogP contribution in [0.2, 0.25) is 0 Å². The average Bonchev–Trinajstić information content (AvgIpc) is 2.95. The third kappa shape index (κ3) is 10.8. The number of hydrogen-bond donors (Lipinski definition) is 4. The summed E-state index contributed by atoms with van der Waals surface area (Å²) in [5, 5.41) is 16.5. The number of pyridine rings is 1. The maximum Gasteiger partial charge on any atom is 0.416 e. The van der Waals surface area contributed by atoms with Gasteiger partial charge >= 0.3 is 12.4 Å². The third-order valence-corrected chi connectivity index (χ3v) is 6.65. The number of halogens is 6. The minimum atomic E-state index is -4.51. The van der Waals surface area contributed by atoms with Gasteiger partial charge in [0, 0.05) is 44.7 Å². The van der Waals surface area contributed by atoms with Crippen LogP contribution >= 0.6 is 0 Å². The second-order valence-electron chi connectivity index (χ2n) is 10.3. The molecule has 0 aliphatic rings. The van der Waals surface area contributed by atoms with Crippen LogP contribution in [0.15, 0.2) is 71.5 Å². The number of carbonyl (C=O) groups is 2. The molecule has 0 radical (unpaired) electrons. The molecule has 44 heavy (non-hydrogen) atoms. The SMILES string of the molecule is CN(CCCC(F)(F)F)C(=O)c1cc(C(=O)N[C@@H](Cc2ccccc2)[C@H](O)CNCc2cccc(C(F)(F)F)c2)[nH]c(=O)c1. The zero-order chi connectivity index (χ0) is 32.5. The molecule has 0 unspecified atom stereocenters. The van der Waals surface area contributed by atoms with Gasteiger partial charge in [0.25, 0.3) is 11.8 Å². The van der Waals surface area contributed by atoms with Crippen LogP contribution in [0.5, 0.6) is 0 Å². The van der Waals surface area contributed by atoms with Crippen molar-refractivity contribution in [1.29, 1.82) is 0 Å². The molecule has 2 aromatic carbocycles. The van der Waals surface area contributed by atoms with E-state index in [0.717, 1.165) is 34.7 Å². The maximum atomic E-state index is 13.2. The molecule has 0 saturated carbocycles. The lowest BCUT2D eigenvalue weighted by molar-refractivity contribution is -0.138. The molecule has 14 heteroatoms. The lowest BCUT2D eigenvalue weighted by Gasteiger charge is -2.25. The highest BCUT2D eigenvalue weighted by atomic mass is 19.4. The zero-order valence-corrected chi connectivity index (χ0v) is 23.6. The summed E-state index contributed by atoms with van der Waals surface area (Å²) < 4.78 is 76.5. The number of carbonyl (C=O) groups excluding carboxylic acids is 2. The Bertz CT molecular complexity index is 1460. The number of benzene rings is 2. The molecule has 2 amide bonds. The third-order valence-electron chi connectivity index (χ3n) is 6.65. The summed E-state index contributed by atoms with van der Waals surface area (Å²) in [4.78, 5) is 41.6. The Morgan fingerprint density at radius 2 is 1.64 bits per heavy atom. The highest BCUT2D eigenvalue weighted by molar-refractivity contribution is 5.98. The lowest BCUT2D eigenvalue weighted by atomic mass is 10.0. The van der Waals surface area contributed by atoms with E-state index in [1.807, 2.05) is 0 Å². The summed E-state index contributed by atoms with van der Waals surface area (Å²) in [6.45, 7) is -0.349. The van der Waals surface area contributed by atoms with Gasteiger partial charge in [-0.15, -0.1) is 0 Å². The van der Waals surface area contributed by atoms with Crippen molar-refractivity contribution in [1.82, 2.24) is 20.5 Å². The summed E-state index contributed by atoms with van der Waals surface area (Å²) in [5.41, 5.74) is -1.06. The molecule has 0 saturated heterocycles. The molecule has 1 aromatic heterocycles. The van der Waals surface area contributed by atoms with Crippen LogP contribution in [0.3, 0.4) is 0 Å². The van der Waals surface area contributed by atoms with Gasteiger partial charge < -0.3 is 25.6 Å². The predicted molar refractivity (Wildman–Crippen MR) is 150 cm³/mol. The summed E-state index contributed by atoms with van der Waals surface area (Å²) in [6, 6.07) is 14.6. The number of amides is 2. The molecule has 2 atom stereocenters. The molecular formula is C30H32F6N4O4. The fourth-order valence-corrected chi connectivity index (χ4v) is 4.39. The second kappa shape index (κ2) is 15.0. The van der Waals surface area contributed by atoms with Crippen molar-refractivity contribution in [2.45, 2.75) is 50.3 Å². The Morgan fingerprint density at radius 1 is 0.955 bits per heavy atom. The van der Waals surface area contributed by atoms with Gasteiger partial charge in [-0.1, -0.05) is 48.5 Å². The van der Waals surface area contributed by atoms with Gasteiger partial charge in [-0.05, 0) is 36.1 Å². The molecule has 0 aliphatic carbocycles. The lowest BCUT2D eigenvalue weighted by Crippen LogP contribution is -2.49. The zero-order valence-electron chi connectivity index (χ0n) is 23.6. The van der Waals surface area contributed by atoms with E-state index in [9.17, 15) is 45.8 Å². The minimum Gasteiger partial charge on any atom is -0.390 e. The minimum absolute atomic E-state index is 0.000941. The molecule has 0 aliphatic heterocycles. The maximum absolute atomic E-state index is 13.2. The number of hydrogen-bond acceptors (Lipinski definition) is 5. The summed E-state index contributed by atoms with van der Waals surface area (Å²) >= 11 is 0.